The summed E-state index contributed by atoms with van der Waals surface area (Å²) in [6.45, 7) is 0. The fourth-order valence-electron chi connectivity index (χ4n) is 4.33. The molecule has 22 heavy (non-hydrogen) atoms. The van der Waals surface area contributed by atoms with Crippen LogP contribution in [0.4, 0.5) is 4.39 Å². The quantitative estimate of drug-likeness (QED) is 0.784. The molecule has 2 N–H and O–H groups in total. The van der Waals surface area contributed by atoms with Gasteiger partial charge in [0.15, 0.2) is 0 Å². The summed E-state index contributed by atoms with van der Waals surface area (Å²) in [4.78, 5) is 0. The Morgan fingerprint density at radius 3 is 2.64 bits per heavy atom. The summed E-state index contributed by atoms with van der Waals surface area (Å²) in [5.41, 5.74) is 3.41. The van der Waals surface area contributed by atoms with Crippen LogP contribution in [0, 0.1) is 5.82 Å². The van der Waals surface area contributed by atoms with Gasteiger partial charge in [-0.05, 0) is 60.1 Å². The number of aliphatic hydroxyl groups is 2. The van der Waals surface area contributed by atoms with E-state index in [1.54, 1.807) is 6.07 Å². The highest BCUT2D eigenvalue weighted by Crippen LogP contribution is 2.53. The molecule has 4 rings (SSSR count). The highest BCUT2D eigenvalue weighted by molar-refractivity contribution is 5.48. The first-order valence-electron chi connectivity index (χ1n) is 7.83. The third-order valence-electron chi connectivity index (χ3n) is 5.38. The molecule has 1 spiro atoms. The number of halogens is 1. The summed E-state index contributed by atoms with van der Waals surface area (Å²) in [7, 11) is 0. The number of fused-ring (bicyclic) bond motifs is 3. The first-order valence-corrected chi connectivity index (χ1v) is 7.83. The fourth-order valence-corrected chi connectivity index (χ4v) is 4.33. The Labute approximate surface area is 129 Å². The second kappa shape index (κ2) is 4.90. The van der Waals surface area contributed by atoms with Crippen LogP contribution < -0.4 is 0 Å². The Balaban J connectivity index is 1.97. The number of benzene rings is 2. The Kier molecular flexibility index (Phi) is 3.10. The molecule has 114 valence electrons. The number of aliphatic hydroxyl groups excluding tert-OH is 2. The molecule has 3 heteroatoms. The van der Waals surface area contributed by atoms with E-state index >= 15 is 0 Å². The standard InChI is InChI=1S/C19H19FO2/c20-14-6-5-12-9-13-3-1-2-4-17(13)19(8-7-15(21)11-19)18(22)16(12)10-14/h1-6,10,15,18,21-22H,7-9,11H2. The van der Waals surface area contributed by atoms with E-state index in [4.69, 9.17) is 0 Å². The largest absolute Gasteiger partial charge is 0.393 e. The summed E-state index contributed by atoms with van der Waals surface area (Å²) in [6, 6.07) is 12.8. The Hall–Kier alpha value is -1.71. The van der Waals surface area contributed by atoms with Gasteiger partial charge in [-0.2, -0.15) is 0 Å². The van der Waals surface area contributed by atoms with Gasteiger partial charge in [-0.15, -0.1) is 0 Å². The van der Waals surface area contributed by atoms with Gasteiger partial charge in [-0.1, -0.05) is 30.3 Å². The maximum absolute atomic E-state index is 13.7. The van der Waals surface area contributed by atoms with E-state index in [2.05, 4.69) is 12.1 Å². The Bertz CT molecular complexity index is 727. The lowest BCUT2D eigenvalue weighted by atomic mass is 9.71. The van der Waals surface area contributed by atoms with Crippen molar-refractivity contribution in [3.8, 4) is 0 Å². The van der Waals surface area contributed by atoms with E-state index in [0.717, 1.165) is 17.5 Å². The van der Waals surface area contributed by atoms with Crippen molar-refractivity contribution in [2.24, 2.45) is 0 Å². The zero-order valence-electron chi connectivity index (χ0n) is 12.3. The second-order valence-corrected chi connectivity index (χ2v) is 6.63. The van der Waals surface area contributed by atoms with Crippen LogP contribution in [0.15, 0.2) is 42.5 Å². The average molecular weight is 298 g/mol. The van der Waals surface area contributed by atoms with Gasteiger partial charge in [0, 0.05) is 5.41 Å². The molecule has 0 aliphatic heterocycles. The van der Waals surface area contributed by atoms with Gasteiger partial charge in [-0.25, -0.2) is 4.39 Å². The molecule has 1 fully saturated rings. The molecule has 0 amide bonds. The summed E-state index contributed by atoms with van der Waals surface area (Å²) < 4.78 is 13.7. The maximum atomic E-state index is 13.7. The summed E-state index contributed by atoms with van der Waals surface area (Å²) in [5.74, 6) is -0.322. The van der Waals surface area contributed by atoms with E-state index in [1.807, 2.05) is 12.1 Å². The minimum absolute atomic E-state index is 0.322. The molecular weight excluding hydrogens is 279 g/mol. The van der Waals surface area contributed by atoms with Crippen LogP contribution in [-0.4, -0.2) is 16.3 Å². The van der Waals surface area contributed by atoms with Crippen molar-refractivity contribution in [1.29, 1.82) is 0 Å². The van der Waals surface area contributed by atoms with Crippen molar-refractivity contribution in [3.63, 3.8) is 0 Å². The van der Waals surface area contributed by atoms with Gasteiger partial charge >= 0.3 is 0 Å². The molecule has 3 unspecified atom stereocenters. The van der Waals surface area contributed by atoms with Crippen molar-refractivity contribution in [3.05, 3.63) is 70.5 Å². The second-order valence-electron chi connectivity index (χ2n) is 6.63. The van der Waals surface area contributed by atoms with Gasteiger partial charge in [0.1, 0.15) is 5.82 Å². The van der Waals surface area contributed by atoms with Crippen molar-refractivity contribution in [1.82, 2.24) is 0 Å². The van der Waals surface area contributed by atoms with Gasteiger partial charge in [0.2, 0.25) is 0 Å². The van der Waals surface area contributed by atoms with Crippen LogP contribution in [0.2, 0.25) is 0 Å². The molecule has 2 aromatic rings. The van der Waals surface area contributed by atoms with E-state index in [-0.39, 0.29) is 5.82 Å². The molecular formula is C19H19FO2. The van der Waals surface area contributed by atoms with Crippen LogP contribution in [0.5, 0.6) is 0 Å². The molecule has 2 aromatic carbocycles. The van der Waals surface area contributed by atoms with E-state index < -0.39 is 17.6 Å². The van der Waals surface area contributed by atoms with Gasteiger partial charge in [-0.3, -0.25) is 0 Å². The minimum Gasteiger partial charge on any atom is -0.393 e. The molecule has 0 heterocycles. The summed E-state index contributed by atoms with van der Waals surface area (Å²) >= 11 is 0. The number of hydrogen-bond acceptors (Lipinski definition) is 2. The molecule has 1 saturated carbocycles. The molecule has 0 saturated heterocycles. The van der Waals surface area contributed by atoms with Crippen LogP contribution in [0.3, 0.4) is 0 Å². The highest BCUT2D eigenvalue weighted by atomic mass is 19.1. The molecule has 0 bridgehead atoms. The number of rotatable bonds is 0. The lowest BCUT2D eigenvalue weighted by Crippen LogP contribution is -2.32. The van der Waals surface area contributed by atoms with Crippen LogP contribution in [0.1, 0.15) is 47.6 Å². The van der Waals surface area contributed by atoms with E-state index in [0.29, 0.717) is 24.8 Å². The molecule has 0 aromatic heterocycles. The van der Waals surface area contributed by atoms with Gasteiger partial charge in [0.25, 0.3) is 0 Å². The minimum atomic E-state index is -0.779. The predicted octanol–water partition coefficient (Wildman–Crippen LogP) is 3.25. The van der Waals surface area contributed by atoms with E-state index in [1.165, 1.54) is 17.7 Å². The fraction of sp³-hybridized carbons (Fsp3) is 0.368. The van der Waals surface area contributed by atoms with Gasteiger partial charge < -0.3 is 10.2 Å². The first kappa shape index (κ1) is 13.9. The highest BCUT2D eigenvalue weighted by Gasteiger charge is 2.48. The van der Waals surface area contributed by atoms with Crippen LogP contribution >= 0.6 is 0 Å². The third kappa shape index (κ3) is 1.93. The van der Waals surface area contributed by atoms with Crippen molar-refractivity contribution in [2.75, 3.05) is 0 Å². The maximum Gasteiger partial charge on any atom is 0.123 e. The SMILES string of the molecule is OC1CCC2(C1)c1ccccc1Cc1ccc(F)cc1C2O. The zero-order chi connectivity index (χ0) is 15.3. The molecule has 2 aliphatic rings. The monoisotopic (exact) mass is 298 g/mol. The van der Waals surface area contributed by atoms with E-state index in [9.17, 15) is 14.6 Å². The van der Waals surface area contributed by atoms with Crippen LogP contribution in [-0.2, 0) is 11.8 Å². The van der Waals surface area contributed by atoms with Crippen molar-refractivity contribution in [2.45, 2.75) is 43.3 Å². The molecule has 0 radical (unpaired) electrons. The first-order chi connectivity index (χ1) is 10.6. The smallest absolute Gasteiger partial charge is 0.123 e. The predicted molar refractivity (Wildman–Crippen MR) is 82.1 cm³/mol. The van der Waals surface area contributed by atoms with Gasteiger partial charge in [0.05, 0.1) is 12.2 Å². The Morgan fingerprint density at radius 2 is 1.86 bits per heavy atom. The topological polar surface area (TPSA) is 40.5 Å². The van der Waals surface area contributed by atoms with Crippen molar-refractivity contribution >= 4 is 0 Å². The zero-order valence-corrected chi connectivity index (χ0v) is 12.3. The molecule has 3 atom stereocenters. The molecule has 2 aliphatic carbocycles. The summed E-state index contributed by atoms with van der Waals surface area (Å²) in [6.07, 6.45) is 1.44. The molecule has 2 nitrogen and oxygen atoms in total. The summed E-state index contributed by atoms with van der Waals surface area (Å²) in [5, 5.41) is 21.2. The third-order valence-corrected chi connectivity index (χ3v) is 5.38. The lowest BCUT2D eigenvalue weighted by Gasteiger charge is -2.35. The average Bonchev–Trinajstić information content (AvgIpc) is 2.88. The lowest BCUT2D eigenvalue weighted by molar-refractivity contribution is 0.0699. The van der Waals surface area contributed by atoms with Crippen LogP contribution in [0.25, 0.3) is 0 Å². The Morgan fingerprint density at radius 1 is 1.05 bits per heavy atom. The normalized spacial score (nSPS) is 30.0. The number of hydrogen-bond donors (Lipinski definition) is 2. The van der Waals surface area contributed by atoms with Crippen molar-refractivity contribution < 1.29 is 14.6 Å².